The SMILES string of the molecule is O=S(=O)(Cl)c1ccc(OCc2ccc(Br)cc2F)c(F)c1. The van der Waals surface area contributed by atoms with Crippen LogP contribution < -0.4 is 4.74 Å². The van der Waals surface area contributed by atoms with Gasteiger partial charge in [-0.1, -0.05) is 22.0 Å². The average Bonchev–Trinajstić information content (AvgIpc) is 2.38. The van der Waals surface area contributed by atoms with Crippen molar-refractivity contribution < 1.29 is 21.9 Å². The summed E-state index contributed by atoms with van der Waals surface area (Å²) in [5.74, 6) is -1.58. The van der Waals surface area contributed by atoms with Gasteiger partial charge in [0, 0.05) is 20.7 Å². The normalized spacial score (nSPS) is 11.4. The Morgan fingerprint density at radius 1 is 1.10 bits per heavy atom. The molecule has 0 amide bonds. The first-order chi connectivity index (χ1) is 9.77. The van der Waals surface area contributed by atoms with E-state index in [9.17, 15) is 17.2 Å². The Hall–Kier alpha value is -1.18. The van der Waals surface area contributed by atoms with Crippen LogP contribution in [0.5, 0.6) is 5.75 Å². The van der Waals surface area contributed by atoms with Gasteiger partial charge in [-0.2, -0.15) is 0 Å². The van der Waals surface area contributed by atoms with Crippen LogP contribution in [0.4, 0.5) is 8.78 Å². The van der Waals surface area contributed by atoms with Crippen LogP contribution in [0.25, 0.3) is 0 Å². The second-order valence-corrected chi connectivity index (χ2v) is 7.54. The van der Waals surface area contributed by atoms with Crippen molar-refractivity contribution in [1.29, 1.82) is 0 Å². The maximum Gasteiger partial charge on any atom is 0.261 e. The minimum Gasteiger partial charge on any atom is -0.486 e. The van der Waals surface area contributed by atoms with Gasteiger partial charge in [0.05, 0.1) is 4.90 Å². The van der Waals surface area contributed by atoms with Gasteiger partial charge in [-0.3, -0.25) is 0 Å². The molecular formula is C13H8BrClF2O3S. The van der Waals surface area contributed by atoms with Gasteiger partial charge in [0.25, 0.3) is 9.05 Å². The predicted octanol–water partition coefficient (Wildman–Crippen LogP) is 4.23. The smallest absolute Gasteiger partial charge is 0.261 e. The van der Waals surface area contributed by atoms with Gasteiger partial charge in [0.1, 0.15) is 12.4 Å². The molecule has 0 radical (unpaired) electrons. The predicted molar refractivity (Wildman–Crippen MR) is 77.9 cm³/mol. The lowest BCUT2D eigenvalue weighted by Crippen LogP contribution is -2.01. The maximum atomic E-state index is 13.7. The third kappa shape index (κ3) is 4.15. The van der Waals surface area contributed by atoms with E-state index in [0.717, 1.165) is 18.2 Å². The first kappa shape index (κ1) is 16.2. The van der Waals surface area contributed by atoms with Gasteiger partial charge >= 0.3 is 0 Å². The van der Waals surface area contributed by atoms with Crippen molar-refractivity contribution in [2.45, 2.75) is 11.5 Å². The van der Waals surface area contributed by atoms with Crippen LogP contribution in [0.15, 0.2) is 45.8 Å². The molecule has 0 fully saturated rings. The van der Waals surface area contributed by atoms with E-state index in [1.54, 1.807) is 6.07 Å². The molecule has 0 atom stereocenters. The molecule has 0 spiro atoms. The van der Waals surface area contributed by atoms with E-state index >= 15 is 0 Å². The molecule has 0 aliphatic rings. The van der Waals surface area contributed by atoms with Crippen molar-refractivity contribution in [1.82, 2.24) is 0 Å². The molecular weight excluding hydrogens is 390 g/mol. The minimum atomic E-state index is -4.01. The summed E-state index contributed by atoms with van der Waals surface area (Å²) < 4.78 is 55.1. The Bertz CT molecular complexity index is 781. The second-order valence-electron chi connectivity index (χ2n) is 4.05. The lowest BCUT2D eigenvalue weighted by Gasteiger charge is -2.09. The van der Waals surface area contributed by atoms with Crippen LogP contribution in [-0.4, -0.2) is 8.42 Å². The molecule has 3 nitrogen and oxygen atoms in total. The van der Waals surface area contributed by atoms with E-state index in [1.165, 1.54) is 12.1 Å². The van der Waals surface area contributed by atoms with Crippen LogP contribution in [-0.2, 0) is 15.7 Å². The zero-order valence-corrected chi connectivity index (χ0v) is 13.5. The minimum absolute atomic E-state index is 0.191. The summed E-state index contributed by atoms with van der Waals surface area (Å²) in [6.45, 7) is -0.191. The summed E-state index contributed by atoms with van der Waals surface area (Å²) >= 11 is 3.12. The molecule has 0 saturated heterocycles. The fourth-order valence-electron chi connectivity index (χ4n) is 1.54. The first-order valence-electron chi connectivity index (χ1n) is 5.58. The highest BCUT2D eigenvalue weighted by Gasteiger charge is 2.14. The Labute approximate surface area is 133 Å². The lowest BCUT2D eigenvalue weighted by atomic mass is 10.2. The van der Waals surface area contributed by atoms with Gasteiger partial charge in [-0.25, -0.2) is 17.2 Å². The molecule has 0 aliphatic heterocycles. The summed E-state index contributed by atoms with van der Waals surface area (Å²) in [5, 5.41) is 0. The van der Waals surface area contributed by atoms with Gasteiger partial charge < -0.3 is 4.74 Å². The van der Waals surface area contributed by atoms with Gasteiger partial charge in [-0.05, 0) is 30.3 Å². The van der Waals surface area contributed by atoms with Crippen molar-refractivity contribution in [2.24, 2.45) is 0 Å². The fraction of sp³-hybridized carbons (Fsp3) is 0.0769. The highest BCUT2D eigenvalue weighted by molar-refractivity contribution is 9.10. The van der Waals surface area contributed by atoms with E-state index in [4.69, 9.17) is 15.4 Å². The molecule has 2 aromatic rings. The molecule has 0 aromatic heterocycles. The van der Waals surface area contributed by atoms with Crippen molar-refractivity contribution >= 4 is 35.7 Å². The molecule has 112 valence electrons. The Balaban J connectivity index is 2.17. The van der Waals surface area contributed by atoms with Gasteiger partial charge in [0.15, 0.2) is 11.6 Å². The van der Waals surface area contributed by atoms with E-state index in [-0.39, 0.29) is 22.8 Å². The third-order valence-corrected chi connectivity index (χ3v) is 4.43. The number of ether oxygens (including phenoxy) is 1. The summed E-state index contributed by atoms with van der Waals surface area (Å²) in [5.41, 5.74) is 0.242. The third-order valence-electron chi connectivity index (χ3n) is 2.58. The molecule has 0 aliphatic carbocycles. The van der Waals surface area contributed by atoms with Crippen molar-refractivity contribution in [3.63, 3.8) is 0 Å². The quantitative estimate of drug-likeness (QED) is 0.725. The zero-order valence-electron chi connectivity index (χ0n) is 10.3. The van der Waals surface area contributed by atoms with Crippen LogP contribution in [0.2, 0.25) is 0 Å². The average molecular weight is 398 g/mol. The summed E-state index contributed by atoms with van der Waals surface area (Å²) in [7, 11) is 1.09. The Kier molecular flexibility index (Phi) is 4.85. The highest BCUT2D eigenvalue weighted by Crippen LogP contribution is 2.24. The molecule has 0 bridgehead atoms. The Morgan fingerprint density at radius 2 is 1.81 bits per heavy atom. The van der Waals surface area contributed by atoms with Gasteiger partial charge in [0.2, 0.25) is 0 Å². The monoisotopic (exact) mass is 396 g/mol. The van der Waals surface area contributed by atoms with E-state index in [0.29, 0.717) is 4.47 Å². The summed E-state index contributed by atoms with van der Waals surface area (Å²) in [4.78, 5) is -0.371. The lowest BCUT2D eigenvalue weighted by molar-refractivity contribution is 0.284. The number of hydrogen-bond acceptors (Lipinski definition) is 3. The molecule has 2 aromatic carbocycles. The Morgan fingerprint density at radius 3 is 2.38 bits per heavy atom. The summed E-state index contributed by atoms with van der Waals surface area (Å²) in [6, 6.07) is 7.37. The number of benzene rings is 2. The molecule has 8 heteroatoms. The standard InChI is InChI=1S/C13H8BrClF2O3S/c14-9-2-1-8(11(16)5-9)7-20-13-4-3-10(6-12(13)17)21(15,18)19/h1-6H,7H2. The largest absolute Gasteiger partial charge is 0.486 e. The highest BCUT2D eigenvalue weighted by atomic mass is 79.9. The van der Waals surface area contributed by atoms with Crippen molar-refractivity contribution in [3.05, 3.63) is 58.1 Å². The number of halogens is 4. The van der Waals surface area contributed by atoms with Crippen LogP contribution >= 0.6 is 26.6 Å². The van der Waals surface area contributed by atoms with Crippen LogP contribution in [0.3, 0.4) is 0 Å². The molecule has 0 unspecified atom stereocenters. The van der Waals surface area contributed by atoms with Crippen molar-refractivity contribution in [3.8, 4) is 5.75 Å². The van der Waals surface area contributed by atoms with Crippen LogP contribution in [0.1, 0.15) is 5.56 Å². The number of hydrogen-bond donors (Lipinski definition) is 0. The van der Waals surface area contributed by atoms with Crippen molar-refractivity contribution in [2.75, 3.05) is 0 Å². The molecule has 21 heavy (non-hydrogen) atoms. The molecule has 0 saturated carbocycles. The summed E-state index contributed by atoms with van der Waals surface area (Å²) in [6.07, 6.45) is 0. The maximum absolute atomic E-state index is 13.7. The van der Waals surface area contributed by atoms with E-state index < -0.39 is 20.7 Å². The second kappa shape index (κ2) is 6.29. The molecule has 0 N–H and O–H groups in total. The van der Waals surface area contributed by atoms with E-state index in [1.807, 2.05) is 0 Å². The zero-order chi connectivity index (χ0) is 15.6. The van der Waals surface area contributed by atoms with Gasteiger partial charge in [-0.15, -0.1) is 0 Å². The number of rotatable bonds is 4. The molecule has 0 heterocycles. The topological polar surface area (TPSA) is 43.4 Å². The fourth-order valence-corrected chi connectivity index (χ4v) is 2.64. The first-order valence-corrected chi connectivity index (χ1v) is 8.68. The molecule has 2 rings (SSSR count). The van der Waals surface area contributed by atoms with Crippen LogP contribution in [0, 0.1) is 11.6 Å². The van der Waals surface area contributed by atoms with E-state index in [2.05, 4.69) is 15.9 Å².